The van der Waals surface area contributed by atoms with E-state index in [-0.39, 0.29) is 24.2 Å². The smallest absolute Gasteiger partial charge is 0.339 e. The van der Waals surface area contributed by atoms with E-state index in [4.69, 9.17) is 23.7 Å². The zero-order chi connectivity index (χ0) is 18.6. The largest absolute Gasteiger partial charge is 0.492 e. The van der Waals surface area contributed by atoms with Crippen molar-refractivity contribution in [3.8, 4) is 23.0 Å². The van der Waals surface area contributed by atoms with Crippen molar-refractivity contribution in [1.82, 2.24) is 0 Å². The molecule has 0 saturated carbocycles. The Hall–Kier alpha value is -2.67. The van der Waals surface area contributed by atoms with E-state index in [9.17, 15) is 9.90 Å². The lowest BCUT2D eigenvalue weighted by Crippen LogP contribution is -2.08. The second-order valence-corrected chi connectivity index (χ2v) is 5.53. The molecule has 0 aliphatic heterocycles. The summed E-state index contributed by atoms with van der Waals surface area (Å²) >= 11 is 0. The van der Waals surface area contributed by atoms with E-state index in [1.165, 1.54) is 27.4 Å². The summed E-state index contributed by atoms with van der Waals surface area (Å²) in [6.45, 7) is 3.74. The summed E-state index contributed by atoms with van der Waals surface area (Å²) in [5, 5.41) is 10.8. The predicted molar refractivity (Wildman–Crippen MR) is 92.3 cm³/mol. The van der Waals surface area contributed by atoms with E-state index >= 15 is 0 Å². The molecular formula is C18H22O7. The maximum atomic E-state index is 11.6. The number of hydrogen-bond acceptors (Lipinski definition) is 6. The molecule has 2 rings (SSSR count). The van der Waals surface area contributed by atoms with Crippen molar-refractivity contribution in [2.24, 2.45) is 0 Å². The monoisotopic (exact) mass is 350 g/mol. The van der Waals surface area contributed by atoms with Gasteiger partial charge in [-0.05, 0) is 37.4 Å². The van der Waals surface area contributed by atoms with Crippen molar-refractivity contribution in [3.05, 3.63) is 23.8 Å². The second kappa shape index (κ2) is 7.94. The van der Waals surface area contributed by atoms with E-state index in [1.807, 2.05) is 13.8 Å². The molecule has 0 atom stereocenters. The van der Waals surface area contributed by atoms with E-state index in [1.54, 1.807) is 12.1 Å². The molecule has 0 aliphatic carbocycles. The summed E-state index contributed by atoms with van der Waals surface area (Å²) < 4.78 is 26.9. The molecule has 0 amide bonds. The van der Waals surface area contributed by atoms with Crippen LogP contribution in [0.2, 0.25) is 0 Å². The number of ether oxygens (including phenoxy) is 5. The van der Waals surface area contributed by atoms with E-state index in [0.29, 0.717) is 28.0 Å². The minimum atomic E-state index is -1.11. The highest BCUT2D eigenvalue weighted by atomic mass is 16.7. The number of aromatic carboxylic acids is 1. The third kappa shape index (κ3) is 3.88. The molecule has 0 heterocycles. The molecular weight excluding hydrogens is 328 g/mol. The standard InChI is InChI=1S/C18H22O7/c1-10(2)25-15-7-11-6-14(24-9-21-3)13(18(19)20)8-12(11)16(22-4)17(15)23-5/h6-8,10H,9H2,1-5H3,(H,19,20). The van der Waals surface area contributed by atoms with Crippen molar-refractivity contribution in [1.29, 1.82) is 0 Å². The van der Waals surface area contributed by atoms with Gasteiger partial charge in [-0.25, -0.2) is 4.79 Å². The lowest BCUT2D eigenvalue weighted by atomic mass is 10.0. The highest BCUT2D eigenvalue weighted by Gasteiger charge is 2.21. The number of methoxy groups -OCH3 is 3. The van der Waals surface area contributed by atoms with Crippen molar-refractivity contribution < 1.29 is 33.6 Å². The van der Waals surface area contributed by atoms with E-state index in [2.05, 4.69) is 0 Å². The van der Waals surface area contributed by atoms with Crippen LogP contribution in [-0.4, -0.2) is 45.3 Å². The molecule has 0 aromatic heterocycles. The average Bonchev–Trinajstić information content (AvgIpc) is 2.57. The number of benzene rings is 2. The molecule has 7 heteroatoms. The van der Waals surface area contributed by atoms with Gasteiger partial charge < -0.3 is 28.8 Å². The van der Waals surface area contributed by atoms with Crippen LogP contribution in [0.3, 0.4) is 0 Å². The van der Waals surface area contributed by atoms with Gasteiger partial charge in [0.1, 0.15) is 11.3 Å². The van der Waals surface area contributed by atoms with Crippen molar-refractivity contribution in [2.45, 2.75) is 20.0 Å². The zero-order valence-corrected chi connectivity index (χ0v) is 14.9. The van der Waals surface area contributed by atoms with Gasteiger partial charge in [0.05, 0.1) is 20.3 Å². The number of carboxylic acid groups (broad SMARTS) is 1. The highest BCUT2D eigenvalue weighted by molar-refractivity contribution is 6.01. The minimum absolute atomic E-state index is 0.00225. The van der Waals surface area contributed by atoms with Crippen LogP contribution < -0.4 is 18.9 Å². The Morgan fingerprint density at radius 3 is 2.20 bits per heavy atom. The average molecular weight is 350 g/mol. The Morgan fingerprint density at radius 2 is 1.68 bits per heavy atom. The van der Waals surface area contributed by atoms with Gasteiger partial charge >= 0.3 is 5.97 Å². The fraction of sp³-hybridized carbons (Fsp3) is 0.389. The van der Waals surface area contributed by atoms with Crippen LogP contribution >= 0.6 is 0 Å². The van der Waals surface area contributed by atoms with Crippen LogP contribution in [0.15, 0.2) is 18.2 Å². The summed E-state index contributed by atoms with van der Waals surface area (Å²) in [6, 6.07) is 4.87. The van der Waals surface area contributed by atoms with E-state index in [0.717, 1.165) is 0 Å². The van der Waals surface area contributed by atoms with Crippen LogP contribution in [0.4, 0.5) is 0 Å². The summed E-state index contributed by atoms with van der Waals surface area (Å²) in [5.74, 6) is 0.394. The van der Waals surface area contributed by atoms with Crippen molar-refractivity contribution in [2.75, 3.05) is 28.1 Å². The Kier molecular flexibility index (Phi) is 5.93. The number of hydrogen-bond donors (Lipinski definition) is 1. The van der Waals surface area contributed by atoms with Crippen molar-refractivity contribution >= 4 is 16.7 Å². The lowest BCUT2D eigenvalue weighted by Gasteiger charge is -2.19. The number of rotatable bonds is 8. The molecule has 0 saturated heterocycles. The first kappa shape index (κ1) is 18.7. The second-order valence-electron chi connectivity index (χ2n) is 5.53. The van der Waals surface area contributed by atoms with Gasteiger partial charge in [0.2, 0.25) is 5.75 Å². The fourth-order valence-electron chi connectivity index (χ4n) is 2.50. The van der Waals surface area contributed by atoms with Gasteiger partial charge in [0.25, 0.3) is 0 Å². The quantitative estimate of drug-likeness (QED) is 0.731. The third-order valence-corrected chi connectivity index (χ3v) is 3.45. The first-order chi connectivity index (χ1) is 11.9. The summed E-state index contributed by atoms with van der Waals surface area (Å²) in [6.07, 6.45) is -0.0708. The van der Waals surface area contributed by atoms with E-state index < -0.39 is 5.97 Å². The third-order valence-electron chi connectivity index (χ3n) is 3.45. The molecule has 7 nitrogen and oxygen atoms in total. The zero-order valence-electron chi connectivity index (χ0n) is 14.9. The Bertz CT molecular complexity index is 768. The molecule has 0 spiro atoms. The minimum Gasteiger partial charge on any atom is -0.492 e. The number of carboxylic acids is 1. The molecule has 0 bridgehead atoms. The Morgan fingerprint density at radius 1 is 1.04 bits per heavy atom. The molecule has 0 radical (unpaired) electrons. The molecule has 0 unspecified atom stereocenters. The number of fused-ring (bicyclic) bond motifs is 1. The van der Waals surface area contributed by atoms with Gasteiger partial charge in [0.15, 0.2) is 18.3 Å². The first-order valence-electron chi connectivity index (χ1n) is 7.67. The molecule has 2 aromatic carbocycles. The van der Waals surface area contributed by atoms with Gasteiger partial charge in [-0.1, -0.05) is 0 Å². The highest BCUT2D eigenvalue weighted by Crippen LogP contribution is 2.45. The topological polar surface area (TPSA) is 83.5 Å². The number of carbonyl (C=O) groups is 1. The van der Waals surface area contributed by atoms with Gasteiger partial charge in [-0.15, -0.1) is 0 Å². The van der Waals surface area contributed by atoms with Gasteiger partial charge in [-0.2, -0.15) is 0 Å². The summed E-state index contributed by atoms with van der Waals surface area (Å²) in [4.78, 5) is 11.6. The van der Waals surface area contributed by atoms with Gasteiger partial charge in [-0.3, -0.25) is 0 Å². The molecule has 1 N–H and O–H groups in total. The van der Waals surface area contributed by atoms with Crippen LogP contribution in [0.5, 0.6) is 23.0 Å². The van der Waals surface area contributed by atoms with Crippen LogP contribution in [0.25, 0.3) is 10.8 Å². The molecule has 0 aliphatic rings. The summed E-state index contributed by atoms with van der Waals surface area (Å²) in [5.41, 5.74) is 0.00225. The van der Waals surface area contributed by atoms with Crippen LogP contribution in [0, 0.1) is 0 Å². The summed E-state index contributed by atoms with van der Waals surface area (Å²) in [7, 11) is 4.46. The molecule has 25 heavy (non-hydrogen) atoms. The van der Waals surface area contributed by atoms with Gasteiger partial charge in [0, 0.05) is 12.5 Å². The SMILES string of the molecule is COCOc1cc2cc(OC(C)C)c(OC)c(OC)c2cc1C(=O)O. The van der Waals surface area contributed by atoms with Crippen LogP contribution in [-0.2, 0) is 4.74 Å². The molecule has 136 valence electrons. The predicted octanol–water partition coefficient (Wildman–Crippen LogP) is 3.33. The maximum absolute atomic E-state index is 11.6. The molecule has 2 aromatic rings. The first-order valence-corrected chi connectivity index (χ1v) is 7.67. The van der Waals surface area contributed by atoms with Crippen LogP contribution in [0.1, 0.15) is 24.2 Å². The molecule has 0 fully saturated rings. The fourth-order valence-corrected chi connectivity index (χ4v) is 2.50. The normalized spacial score (nSPS) is 10.8. The maximum Gasteiger partial charge on any atom is 0.339 e. The lowest BCUT2D eigenvalue weighted by molar-refractivity contribution is 0.0485. The Balaban J connectivity index is 2.76. The Labute approximate surface area is 146 Å². The van der Waals surface area contributed by atoms with Crippen molar-refractivity contribution in [3.63, 3.8) is 0 Å².